The van der Waals surface area contributed by atoms with Crippen LogP contribution in [-0.2, 0) is 11.2 Å². The molecule has 1 atom stereocenters. The van der Waals surface area contributed by atoms with Crippen molar-refractivity contribution in [1.29, 1.82) is 0 Å². The van der Waals surface area contributed by atoms with E-state index in [-0.39, 0.29) is 29.9 Å². The van der Waals surface area contributed by atoms with Gasteiger partial charge in [-0.2, -0.15) is 4.98 Å². The lowest BCUT2D eigenvalue weighted by molar-refractivity contribution is -0.136. The molecular formula is C30H44N6O2. The van der Waals surface area contributed by atoms with Crippen molar-refractivity contribution in [2.45, 2.75) is 77.9 Å². The Morgan fingerprint density at radius 1 is 1.03 bits per heavy atom. The van der Waals surface area contributed by atoms with E-state index in [2.05, 4.69) is 54.7 Å². The molecule has 0 bridgehead atoms. The maximum atomic E-state index is 13.6. The predicted molar refractivity (Wildman–Crippen MR) is 153 cm³/mol. The van der Waals surface area contributed by atoms with Gasteiger partial charge in [-0.05, 0) is 74.8 Å². The quantitative estimate of drug-likeness (QED) is 0.508. The van der Waals surface area contributed by atoms with Crippen molar-refractivity contribution in [1.82, 2.24) is 19.8 Å². The average molecular weight is 521 g/mol. The number of hydrogen-bond acceptors (Lipinski definition) is 6. The summed E-state index contributed by atoms with van der Waals surface area (Å²) in [4.78, 5) is 43.9. The summed E-state index contributed by atoms with van der Waals surface area (Å²) in [6, 6.07) is 8.41. The van der Waals surface area contributed by atoms with Crippen molar-refractivity contribution >= 4 is 23.6 Å². The summed E-state index contributed by atoms with van der Waals surface area (Å²) < 4.78 is 0. The fraction of sp³-hybridized carbons (Fsp3) is 0.600. The Morgan fingerprint density at radius 3 is 2.37 bits per heavy atom. The lowest BCUT2D eigenvalue weighted by atomic mass is 9.99. The van der Waals surface area contributed by atoms with E-state index in [1.54, 1.807) is 6.20 Å². The number of benzene rings is 1. The first-order valence-electron chi connectivity index (χ1n) is 14.0. The smallest absolute Gasteiger partial charge is 0.253 e. The minimum absolute atomic E-state index is 0.0393. The van der Waals surface area contributed by atoms with Gasteiger partial charge in [0.15, 0.2) is 0 Å². The minimum atomic E-state index is 0.0393. The Morgan fingerprint density at radius 2 is 1.74 bits per heavy atom. The second-order valence-corrected chi connectivity index (χ2v) is 11.7. The largest absolute Gasteiger partial charge is 0.356 e. The molecular weight excluding hydrogens is 476 g/mol. The van der Waals surface area contributed by atoms with Gasteiger partial charge in [-0.3, -0.25) is 9.59 Å². The third kappa shape index (κ3) is 5.94. The molecule has 2 aliphatic rings. The molecule has 1 aliphatic carbocycles. The fourth-order valence-corrected chi connectivity index (χ4v) is 5.86. The van der Waals surface area contributed by atoms with Crippen LogP contribution < -0.4 is 9.80 Å². The van der Waals surface area contributed by atoms with E-state index in [9.17, 15) is 9.59 Å². The molecule has 0 saturated carbocycles. The zero-order valence-corrected chi connectivity index (χ0v) is 24.1. The predicted octanol–water partition coefficient (Wildman–Crippen LogP) is 4.55. The number of anilines is 2. The van der Waals surface area contributed by atoms with E-state index >= 15 is 0 Å². The molecule has 1 saturated heterocycles. The van der Waals surface area contributed by atoms with E-state index < -0.39 is 0 Å². The van der Waals surface area contributed by atoms with Crippen LogP contribution >= 0.6 is 0 Å². The molecule has 1 aromatic carbocycles. The number of carbonyl (C=O) groups is 2. The fourth-order valence-electron chi connectivity index (χ4n) is 5.86. The summed E-state index contributed by atoms with van der Waals surface area (Å²) in [6.07, 6.45) is 6.00. The highest BCUT2D eigenvalue weighted by Gasteiger charge is 2.34. The molecule has 1 aromatic heterocycles. The van der Waals surface area contributed by atoms with Crippen molar-refractivity contribution in [2.24, 2.45) is 5.92 Å². The van der Waals surface area contributed by atoms with Gasteiger partial charge in [0.05, 0.1) is 6.04 Å². The Balaban J connectivity index is 1.45. The number of nitrogens with zero attached hydrogens (tertiary/aromatic N) is 6. The lowest BCUT2D eigenvalue weighted by Crippen LogP contribution is -2.46. The number of amides is 2. The van der Waals surface area contributed by atoms with Gasteiger partial charge in [-0.25, -0.2) is 4.98 Å². The van der Waals surface area contributed by atoms with Crippen LogP contribution in [0.15, 0.2) is 30.5 Å². The molecule has 1 aliphatic heterocycles. The van der Waals surface area contributed by atoms with Crippen molar-refractivity contribution in [3.63, 3.8) is 0 Å². The SMILES string of the molecule is CC(C)CC(=O)N(C(C)C)C1CCc2ccc(C(=O)N(C)C3CCN(c4ccnc(N(C)C)n4)CC3)cc21. The highest BCUT2D eigenvalue weighted by molar-refractivity contribution is 5.94. The van der Waals surface area contributed by atoms with Gasteiger partial charge in [-0.15, -0.1) is 0 Å². The van der Waals surface area contributed by atoms with Gasteiger partial charge in [0.1, 0.15) is 5.82 Å². The number of fused-ring (bicyclic) bond motifs is 1. The Hall–Kier alpha value is -3.16. The Kier molecular flexibility index (Phi) is 8.58. The second kappa shape index (κ2) is 11.7. The molecule has 8 nitrogen and oxygen atoms in total. The minimum Gasteiger partial charge on any atom is -0.356 e. The zero-order chi connectivity index (χ0) is 27.6. The molecule has 1 fully saturated rings. The molecule has 1 unspecified atom stereocenters. The number of aromatic nitrogens is 2. The van der Waals surface area contributed by atoms with Crippen LogP contribution in [0.2, 0.25) is 0 Å². The van der Waals surface area contributed by atoms with Gasteiger partial charge in [0.2, 0.25) is 11.9 Å². The van der Waals surface area contributed by atoms with Crippen molar-refractivity contribution in [3.8, 4) is 0 Å². The number of carbonyl (C=O) groups excluding carboxylic acids is 2. The molecule has 2 aromatic rings. The van der Waals surface area contributed by atoms with Crippen LogP contribution in [0.1, 0.15) is 80.9 Å². The van der Waals surface area contributed by atoms with Crippen LogP contribution in [0.3, 0.4) is 0 Å². The van der Waals surface area contributed by atoms with E-state index in [0.29, 0.717) is 23.9 Å². The standard InChI is InChI=1S/C30H44N6O2/c1-20(2)18-28(37)36(21(3)4)26-11-10-22-8-9-23(19-25(22)26)29(38)34(7)24-13-16-35(17-14-24)27-12-15-31-30(32-27)33(5)6/h8-9,12,15,19-21,24,26H,10-11,13-14,16-18H2,1-7H3. The van der Waals surface area contributed by atoms with Crippen molar-refractivity contribution < 1.29 is 9.59 Å². The topological polar surface area (TPSA) is 72.9 Å². The van der Waals surface area contributed by atoms with Crippen molar-refractivity contribution in [2.75, 3.05) is 44.0 Å². The van der Waals surface area contributed by atoms with E-state index in [4.69, 9.17) is 0 Å². The summed E-state index contributed by atoms with van der Waals surface area (Å²) >= 11 is 0. The molecule has 206 valence electrons. The molecule has 4 rings (SSSR count). The van der Waals surface area contributed by atoms with Crippen LogP contribution in [-0.4, -0.2) is 77.9 Å². The maximum Gasteiger partial charge on any atom is 0.253 e. The first-order chi connectivity index (χ1) is 18.1. The normalized spacial score (nSPS) is 17.6. The monoisotopic (exact) mass is 520 g/mol. The second-order valence-electron chi connectivity index (χ2n) is 11.7. The van der Waals surface area contributed by atoms with E-state index in [0.717, 1.165) is 50.2 Å². The van der Waals surface area contributed by atoms with Crippen LogP contribution in [0.4, 0.5) is 11.8 Å². The molecule has 2 heterocycles. The summed E-state index contributed by atoms with van der Waals surface area (Å²) in [5.74, 6) is 2.21. The van der Waals surface area contributed by atoms with Gasteiger partial charge < -0.3 is 19.6 Å². The lowest BCUT2D eigenvalue weighted by Gasteiger charge is -2.37. The van der Waals surface area contributed by atoms with Crippen LogP contribution in [0, 0.1) is 5.92 Å². The summed E-state index contributed by atoms with van der Waals surface area (Å²) in [7, 11) is 5.81. The van der Waals surface area contributed by atoms with Gasteiger partial charge in [0.25, 0.3) is 5.91 Å². The number of hydrogen-bond donors (Lipinski definition) is 0. The number of piperidine rings is 1. The molecule has 0 radical (unpaired) electrons. The summed E-state index contributed by atoms with van der Waals surface area (Å²) in [5, 5.41) is 0. The van der Waals surface area contributed by atoms with Crippen LogP contribution in [0.5, 0.6) is 0 Å². The average Bonchev–Trinajstić information content (AvgIpc) is 3.30. The van der Waals surface area contributed by atoms with Gasteiger partial charge in [0, 0.05) is 64.5 Å². The van der Waals surface area contributed by atoms with E-state index in [1.807, 2.05) is 48.0 Å². The summed E-state index contributed by atoms with van der Waals surface area (Å²) in [5.41, 5.74) is 3.12. The van der Waals surface area contributed by atoms with Gasteiger partial charge in [-0.1, -0.05) is 19.9 Å². The van der Waals surface area contributed by atoms with Gasteiger partial charge >= 0.3 is 0 Å². The number of aryl methyl sites for hydroxylation is 1. The summed E-state index contributed by atoms with van der Waals surface area (Å²) in [6.45, 7) is 10.1. The first-order valence-corrected chi connectivity index (χ1v) is 14.0. The Bertz CT molecular complexity index is 1140. The van der Waals surface area contributed by atoms with Crippen LogP contribution in [0.25, 0.3) is 0 Å². The highest BCUT2D eigenvalue weighted by Crippen LogP contribution is 2.38. The third-order valence-corrected chi connectivity index (χ3v) is 7.89. The van der Waals surface area contributed by atoms with Crippen molar-refractivity contribution in [3.05, 3.63) is 47.2 Å². The molecule has 0 N–H and O–H groups in total. The first kappa shape index (κ1) is 27.9. The molecule has 38 heavy (non-hydrogen) atoms. The third-order valence-electron chi connectivity index (χ3n) is 7.89. The van der Waals surface area contributed by atoms with E-state index in [1.165, 1.54) is 5.56 Å². The maximum absolute atomic E-state index is 13.6. The Labute approximate surface area is 228 Å². The molecule has 2 amide bonds. The zero-order valence-electron chi connectivity index (χ0n) is 24.1. The number of rotatable bonds is 8. The molecule has 8 heteroatoms. The highest BCUT2D eigenvalue weighted by atomic mass is 16.2. The molecule has 0 spiro atoms.